The lowest BCUT2D eigenvalue weighted by Crippen LogP contribution is -2.49. The van der Waals surface area contributed by atoms with Crippen LogP contribution in [0, 0.1) is 12.8 Å². The van der Waals surface area contributed by atoms with Gasteiger partial charge in [0.15, 0.2) is 0 Å². The SMILES string of the molecule is Cc1ccccc1C(=O)c1sc2cc(O)ccc2c1-c1ccc(OCCN2CC(CF)C2)cc1. The minimum atomic E-state index is -0.246. The van der Waals surface area contributed by atoms with Gasteiger partial charge in [-0.2, -0.15) is 0 Å². The number of thiophene rings is 1. The number of rotatable bonds is 8. The summed E-state index contributed by atoms with van der Waals surface area (Å²) in [4.78, 5) is 16.4. The van der Waals surface area contributed by atoms with E-state index in [-0.39, 0.29) is 24.1 Å². The molecule has 6 heteroatoms. The second kappa shape index (κ2) is 9.57. The minimum absolute atomic E-state index is 0.0183. The van der Waals surface area contributed by atoms with E-state index in [0.717, 1.165) is 52.2 Å². The number of alkyl halides is 1. The first kappa shape index (κ1) is 22.6. The van der Waals surface area contributed by atoms with Crippen LogP contribution in [0.15, 0.2) is 66.7 Å². The van der Waals surface area contributed by atoms with Crippen LogP contribution in [0.1, 0.15) is 20.8 Å². The van der Waals surface area contributed by atoms with E-state index >= 15 is 0 Å². The fourth-order valence-electron chi connectivity index (χ4n) is 4.45. The fourth-order valence-corrected chi connectivity index (χ4v) is 5.66. The molecule has 0 aliphatic carbocycles. The van der Waals surface area contributed by atoms with E-state index in [0.29, 0.717) is 17.0 Å². The van der Waals surface area contributed by atoms with Crippen molar-refractivity contribution < 1.29 is 19.0 Å². The second-order valence-electron chi connectivity index (χ2n) is 8.78. The van der Waals surface area contributed by atoms with Crippen molar-refractivity contribution in [1.82, 2.24) is 4.90 Å². The second-order valence-corrected chi connectivity index (χ2v) is 9.84. The fraction of sp³-hybridized carbons (Fsp3) is 0.250. The summed E-state index contributed by atoms with van der Waals surface area (Å²) in [6, 6.07) is 20.6. The average molecular weight is 476 g/mol. The third-order valence-electron chi connectivity index (χ3n) is 6.34. The van der Waals surface area contributed by atoms with Crippen molar-refractivity contribution in [3.8, 4) is 22.6 Å². The van der Waals surface area contributed by atoms with Crippen molar-refractivity contribution in [3.63, 3.8) is 0 Å². The molecule has 4 aromatic rings. The largest absolute Gasteiger partial charge is 0.508 e. The molecule has 0 unspecified atom stereocenters. The summed E-state index contributed by atoms with van der Waals surface area (Å²) in [5, 5.41) is 10.9. The van der Waals surface area contributed by atoms with Crippen molar-refractivity contribution in [3.05, 3.63) is 82.7 Å². The molecule has 3 aromatic carbocycles. The molecule has 0 radical (unpaired) electrons. The van der Waals surface area contributed by atoms with E-state index in [9.17, 15) is 14.3 Å². The van der Waals surface area contributed by atoms with Gasteiger partial charge in [-0.1, -0.05) is 36.4 Å². The molecule has 0 amide bonds. The number of aromatic hydroxyl groups is 1. The van der Waals surface area contributed by atoms with Gasteiger partial charge in [-0.15, -0.1) is 11.3 Å². The van der Waals surface area contributed by atoms with Crippen molar-refractivity contribution in [1.29, 1.82) is 0 Å². The molecule has 4 nitrogen and oxygen atoms in total. The van der Waals surface area contributed by atoms with Gasteiger partial charge in [-0.3, -0.25) is 14.1 Å². The molecule has 5 rings (SSSR count). The van der Waals surface area contributed by atoms with Crippen LogP contribution in [0.3, 0.4) is 0 Å². The third kappa shape index (κ3) is 4.43. The van der Waals surface area contributed by atoms with Crippen LogP contribution in [0.4, 0.5) is 4.39 Å². The molecule has 1 aliphatic heterocycles. The van der Waals surface area contributed by atoms with E-state index in [4.69, 9.17) is 4.74 Å². The Kier molecular flexibility index (Phi) is 6.35. The van der Waals surface area contributed by atoms with Gasteiger partial charge in [0.1, 0.15) is 18.1 Å². The number of likely N-dealkylation sites (tertiary alicyclic amines) is 1. The van der Waals surface area contributed by atoms with Crippen LogP contribution in [0.25, 0.3) is 21.2 Å². The zero-order chi connectivity index (χ0) is 23.7. The highest BCUT2D eigenvalue weighted by Crippen LogP contribution is 2.41. The lowest BCUT2D eigenvalue weighted by atomic mass is 9.96. The molecule has 1 aromatic heterocycles. The maximum atomic E-state index is 13.6. The molecule has 174 valence electrons. The highest BCUT2D eigenvalue weighted by molar-refractivity contribution is 7.21. The maximum absolute atomic E-state index is 13.6. The van der Waals surface area contributed by atoms with Crippen LogP contribution in [-0.4, -0.2) is 48.7 Å². The minimum Gasteiger partial charge on any atom is -0.508 e. The van der Waals surface area contributed by atoms with E-state index < -0.39 is 0 Å². The molecule has 34 heavy (non-hydrogen) atoms. The summed E-state index contributed by atoms with van der Waals surface area (Å²) in [5.74, 6) is 1.10. The molecule has 2 heterocycles. The van der Waals surface area contributed by atoms with E-state index in [1.54, 1.807) is 12.1 Å². The van der Waals surface area contributed by atoms with Gasteiger partial charge in [0.2, 0.25) is 5.78 Å². The van der Waals surface area contributed by atoms with Crippen molar-refractivity contribution in [2.45, 2.75) is 6.92 Å². The molecule has 0 atom stereocenters. The van der Waals surface area contributed by atoms with Gasteiger partial charge < -0.3 is 9.84 Å². The number of nitrogens with zero attached hydrogens (tertiary/aromatic N) is 1. The predicted molar refractivity (Wildman–Crippen MR) is 135 cm³/mol. The van der Waals surface area contributed by atoms with Crippen molar-refractivity contribution in [2.24, 2.45) is 5.92 Å². The first-order valence-corrected chi connectivity index (χ1v) is 12.2. The Bertz CT molecular complexity index is 1330. The maximum Gasteiger partial charge on any atom is 0.203 e. The monoisotopic (exact) mass is 475 g/mol. The van der Waals surface area contributed by atoms with Crippen molar-refractivity contribution >= 4 is 27.2 Å². The zero-order valence-electron chi connectivity index (χ0n) is 19.0. The number of hydrogen-bond donors (Lipinski definition) is 1. The number of carbonyl (C=O) groups excluding carboxylic acids is 1. The molecule has 1 saturated heterocycles. The summed E-state index contributed by atoms with van der Waals surface area (Å²) < 4.78 is 19.3. The van der Waals surface area contributed by atoms with Gasteiger partial charge in [-0.25, -0.2) is 0 Å². The van der Waals surface area contributed by atoms with Crippen LogP contribution < -0.4 is 4.74 Å². The number of benzene rings is 3. The van der Waals surface area contributed by atoms with Crippen LogP contribution in [0.5, 0.6) is 11.5 Å². The number of carbonyl (C=O) groups is 1. The van der Waals surface area contributed by atoms with E-state index in [1.165, 1.54) is 11.3 Å². The first-order chi connectivity index (χ1) is 16.5. The number of aryl methyl sites for hydroxylation is 1. The molecule has 0 spiro atoms. The number of phenols is 1. The summed E-state index contributed by atoms with van der Waals surface area (Å²) in [7, 11) is 0. The Balaban J connectivity index is 1.41. The molecule has 1 N–H and O–H groups in total. The van der Waals surface area contributed by atoms with Gasteiger partial charge in [0, 0.05) is 46.8 Å². The number of ether oxygens (including phenoxy) is 1. The third-order valence-corrected chi connectivity index (χ3v) is 7.49. The molecule has 1 fully saturated rings. The number of ketones is 1. The van der Waals surface area contributed by atoms with Crippen LogP contribution in [-0.2, 0) is 0 Å². The number of fused-ring (bicyclic) bond motifs is 1. The number of phenolic OH excluding ortho intramolecular Hbond substituents is 1. The Hall–Kier alpha value is -3.22. The topological polar surface area (TPSA) is 49.8 Å². The summed E-state index contributed by atoms with van der Waals surface area (Å²) >= 11 is 1.40. The molecular formula is C28H26FNO3S. The standard InChI is InChI=1S/C28H26FNO3S/c1-18-4-2-3-5-23(18)27(32)28-26(24-11-8-21(31)14-25(24)34-28)20-6-9-22(10-7-20)33-13-12-30-16-19(15-29)17-30/h2-11,14,19,31H,12-13,15-17H2,1H3. The van der Waals surface area contributed by atoms with E-state index in [1.807, 2.05) is 61.5 Å². The smallest absolute Gasteiger partial charge is 0.203 e. The summed E-state index contributed by atoms with van der Waals surface area (Å²) in [6.45, 7) is 4.64. The normalized spacial score (nSPS) is 14.3. The Morgan fingerprint density at radius 3 is 2.62 bits per heavy atom. The number of hydrogen-bond acceptors (Lipinski definition) is 5. The average Bonchev–Trinajstić information content (AvgIpc) is 3.19. The Labute approximate surface area is 202 Å². The Morgan fingerprint density at radius 1 is 1.12 bits per heavy atom. The quantitative estimate of drug-likeness (QED) is 0.313. The highest BCUT2D eigenvalue weighted by atomic mass is 32.1. The molecule has 0 saturated carbocycles. The highest BCUT2D eigenvalue weighted by Gasteiger charge is 2.26. The molecular weight excluding hydrogens is 449 g/mol. The van der Waals surface area contributed by atoms with E-state index in [2.05, 4.69) is 4.90 Å². The molecule has 1 aliphatic rings. The van der Waals surface area contributed by atoms with Gasteiger partial charge in [0.25, 0.3) is 0 Å². The van der Waals surface area contributed by atoms with Crippen molar-refractivity contribution in [2.75, 3.05) is 32.9 Å². The lowest BCUT2D eigenvalue weighted by molar-refractivity contribution is 0.0668. The summed E-state index contributed by atoms with van der Waals surface area (Å²) in [6.07, 6.45) is 0. The lowest BCUT2D eigenvalue weighted by Gasteiger charge is -2.37. The summed E-state index contributed by atoms with van der Waals surface area (Å²) in [5.41, 5.74) is 3.41. The van der Waals surface area contributed by atoms with Gasteiger partial charge in [-0.05, 0) is 48.4 Å². The Morgan fingerprint density at radius 2 is 1.88 bits per heavy atom. The molecule has 0 bridgehead atoms. The zero-order valence-corrected chi connectivity index (χ0v) is 19.8. The van der Waals surface area contributed by atoms with Gasteiger partial charge >= 0.3 is 0 Å². The predicted octanol–water partition coefficient (Wildman–Crippen LogP) is 6.09. The van der Waals surface area contributed by atoms with Crippen LogP contribution in [0.2, 0.25) is 0 Å². The van der Waals surface area contributed by atoms with Gasteiger partial charge in [0.05, 0.1) is 11.6 Å². The van der Waals surface area contributed by atoms with Crippen LogP contribution >= 0.6 is 11.3 Å². The number of halogens is 1. The first-order valence-electron chi connectivity index (χ1n) is 11.4.